The third-order valence-corrected chi connectivity index (χ3v) is 5.70. The molecule has 2 saturated heterocycles. The number of carboxylic acids is 2. The number of halogens is 6. The summed E-state index contributed by atoms with van der Waals surface area (Å²) in [6, 6.07) is 5.52. The molecule has 10 nitrogen and oxygen atoms in total. The minimum absolute atomic E-state index is 0.0452. The van der Waals surface area contributed by atoms with E-state index in [2.05, 4.69) is 28.9 Å². The van der Waals surface area contributed by atoms with Gasteiger partial charge in [-0.1, -0.05) is 6.07 Å². The van der Waals surface area contributed by atoms with Crippen molar-refractivity contribution in [2.75, 3.05) is 66.6 Å². The lowest BCUT2D eigenvalue weighted by molar-refractivity contribution is -0.193. The largest absolute Gasteiger partial charge is 0.490 e. The van der Waals surface area contributed by atoms with Crippen LogP contribution in [0.15, 0.2) is 24.4 Å². The summed E-state index contributed by atoms with van der Waals surface area (Å²) in [5.74, 6) is -5.47. The number of aliphatic carboxylic acids is 2. The number of alkyl halides is 6. The molecule has 1 aromatic heterocycles. The van der Waals surface area contributed by atoms with Crippen molar-refractivity contribution in [3.63, 3.8) is 0 Å². The lowest BCUT2D eigenvalue weighted by Crippen LogP contribution is -2.52. The van der Waals surface area contributed by atoms with E-state index in [4.69, 9.17) is 24.5 Å². The number of aromatic nitrogens is 1. The van der Waals surface area contributed by atoms with Crippen molar-refractivity contribution >= 4 is 17.8 Å². The first kappa shape index (κ1) is 34.0. The van der Waals surface area contributed by atoms with Crippen LogP contribution in [0.3, 0.4) is 0 Å². The molecule has 0 saturated carbocycles. The fourth-order valence-electron chi connectivity index (χ4n) is 3.89. The molecular weight excluding hydrogens is 542 g/mol. The van der Waals surface area contributed by atoms with E-state index in [9.17, 15) is 31.1 Å². The van der Waals surface area contributed by atoms with Gasteiger partial charge in [0.05, 0.1) is 13.2 Å². The Morgan fingerprint density at radius 2 is 1.62 bits per heavy atom. The van der Waals surface area contributed by atoms with Gasteiger partial charge in [-0.05, 0) is 39.1 Å². The number of hydrogen-bond donors (Lipinski definition) is 2. The van der Waals surface area contributed by atoms with Crippen LogP contribution in [0.2, 0.25) is 0 Å². The first-order chi connectivity index (χ1) is 18.0. The van der Waals surface area contributed by atoms with E-state index >= 15 is 0 Å². The molecule has 16 heteroatoms. The number of rotatable bonds is 4. The second-order valence-corrected chi connectivity index (χ2v) is 9.28. The van der Waals surface area contributed by atoms with Gasteiger partial charge in [0.25, 0.3) is 5.91 Å². The molecule has 1 unspecified atom stereocenters. The van der Waals surface area contributed by atoms with Gasteiger partial charge in [0.1, 0.15) is 5.69 Å². The highest BCUT2D eigenvalue weighted by molar-refractivity contribution is 5.92. The Balaban J connectivity index is 0.000000449. The van der Waals surface area contributed by atoms with Crippen molar-refractivity contribution in [1.82, 2.24) is 19.7 Å². The number of carbonyl (C=O) groups excluding carboxylic acids is 1. The third-order valence-electron chi connectivity index (χ3n) is 5.70. The number of hydrogen-bond acceptors (Lipinski definition) is 7. The number of carboxylic acid groups (broad SMARTS) is 2. The van der Waals surface area contributed by atoms with Crippen LogP contribution in [0, 0.1) is 5.41 Å². The molecule has 0 radical (unpaired) electrons. The topological polar surface area (TPSA) is 124 Å². The van der Waals surface area contributed by atoms with Crippen molar-refractivity contribution in [3.05, 3.63) is 30.1 Å². The summed E-state index contributed by atoms with van der Waals surface area (Å²) in [5, 5.41) is 14.2. The predicted molar refractivity (Wildman–Crippen MR) is 125 cm³/mol. The summed E-state index contributed by atoms with van der Waals surface area (Å²) in [5.41, 5.74) is 0.587. The second kappa shape index (κ2) is 15.0. The van der Waals surface area contributed by atoms with E-state index < -0.39 is 24.3 Å². The van der Waals surface area contributed by atoms with Crippen LogP contribution < -0.4 is 0 Å². The fraction of sp³-hybridized carbons (Fsp3) is 0.652. The van der Waals surface area contributed by atoms with E-state index in [-0.39, 0.29) is 11.3 Å². The normalized spacial score (nSPS) is 20.3. The Kier molecular flexibility index (Phi) is 13.1. The number of ether oxygens (including phenoxy) is 1. The maximum absolute atomic E-state index is 12.8. The number of likely N-dealkylation sites (N-methyl/N-ethyl adjacent to an activating group) is 1. The van der Waals surface area contributed by atoms with Crippen LogP contribution in [0.5, 0.6) is 0 Å². The highest BCUT2D eigenvalue weighted by Crippen LogP contribution is 2.33. The van der Waals surface area contributed by atoms with Gasteiger partial charge in [-0.3, -0.25) is 14.7 Å². The van der Waals surface area contributed by atoms with Gasteiger partial charge in [-0.25, -0.2) is 9.59 Å². The average molecular weight is 575 g/mol. The van der Waals surface area contributed by atoms with Gasteiger partial charge in [0.15, 0.2) is 0 Å². The molecule has 1 amide bonds. The molecule has 0 aliphatic carbocycles. The van der Waals surface area contributed by atoms with Crippen molar-refractivity contribution in [2.45, 2.75) is 25.2 Å². The SMILES string of the molecule is CN(C)CCN1CCOCC2(CCCN(C(=O)c3ccccn3)C2)C1.O=C(O)C(F)(F)F.O=C(O)C(F)(F)F. The van der Waals surface area contributed by atoms with Crippen molar-refractivity contribution < 1.29 is 55.7 Å². The Hall–Kier alpha value is -2.98. The zero-order chi connectivity index (χ0) is 29.9. The van der Waals surface area contributed by atoms with E-state index in [1.165, 1.54) is 0 Å². The predicted octanol–water partition coefficient (Wildman–Crippen LogP) is 2.46. The average Bonchev–Trinajstić information content (AvgIpc) is 3.04. The van der Waals surface area contributed by atoms with E-state index in [0.717, 1.165) is 65.3 Å². The van der Waals surface area contributed by atoms with Crippen LogP contribution in [0.4, 0.5) is 26.3 Å². The quantitative estimate of drug-likeness (QED) is 0.522. The monoisotopic (exact) mass is 574 g/mol. The van der Waals surface area contributed by atoms with Crippen LogP contribution in [0.25, 0.3) is 0 Å². The Labute approximate surface area is 221 Å². The molecule has 1 aromatic rings. The number of nitrogens with zero attached hydrogens (tertiary/aromatic N) is 4. The maximum Gasteiger partial charge on any atom is 0.490 e. The molecule has 2 aliphatic rings. The number of likely N-dealkylation sites (tertiary alicyclic amines) is 1. The molecular formula is C23H32F6N4O6. The standard InChI is InChI=1S/C19H30N4O2.2C2HF3O2/c1-21(2)10-11-22-12-13-25-16-19(14-22)7-5-9-23(15-19)18(24)17-6-3-4-8-20-17;2*3-2(4,5)1(6)7/h3-4,6,8H,5,7,9-16H2,1-2H3;2*(H,6,7). The molecule has 39 heavy (non-hydrogen) atoms. The molecule has 3 heterocycles. The highest BCUT2D eigenvalue weighted by atomic mass is 19.4. The first-order valence-electron chi connectivity index (χ1n) is 11.7. The van der Waals surface area contributed by atoms with Gasteiger partial charge < -0.3 is 24.7 Å². The molecule has 0 bridgehead atoms. The number of carbonyl (C=O) groups is 3. The van der Waals surface area contributed by atoms with Gasteiger partial charge in [-0.15, -0.1) is 0 Å². The van der Waals surface area contributed by atoms with Gasteiger partial charge in [0.2, 0.25) is 0 Å². The summed E-state index contributed by atoms with van der Waals surface area (Å²) in [7, 11) is 4.22. The van der Waals surface area contributed by atoms with Crippen LogP contribution in [-0.2, 0) is 14.3 Å². The molecule has 2 N–H and O–H groups in total. The van der Waals surface area contributed by atoms with Gasteiger partial charge >= 0.3 is 24.3 Å². The molecule has 1 spiro atoms. The van der Waals surface area contributed by atoms with E-state index in [1.807, 2.05) is 17.0 Å². The lowest BCUT2D eigenvalue weighted by Gasteiger charge is -2.43. The summed E-state index contributed by atoms with van der Waals surface area (Å²) < 4.78 is 69.4. The molecule has 0 aromatic carbocycles. The third kappa shape index (κ3) is 12.6. The molecule has 2 fully saturated rings. The van der Waals surface area contributed by atoms with Crippen molar-refractivity contribution in [3.8, 4) is 0 Å². The van der Waals surface area contributed by atoms with Gasteiger partial charge in [0, 0.05) is 50.9 Å². The van der Waals surface area contributed by atoms with Crippen LogP contribution in [-0.4, -0.2) is 127 Å². The summed E-state index contributed by atoms with van der Waals surface area (Å²) >= 11 is 0. The Morgan fingerprint density at radius 1 is 1.03 bits per heavy atom. The lowest BCUT2D eigenvalue weighted by atomic mass is 9.80. The van der Waals surface area contributed by atoms with Crippen molar-refractivity contribution in [1.29, 1.82) is 0 Å². The van der Waals surface area contributed by atoms with Crippen molar-refractivity contribution in [2.24, 2.45) is 5.41 Å². The zero-order valence-corrected chi connectivity index (χ0v) is 21.5. The Morgan fingerprint density at radius 3 is 2.10 bits per heavy atom. The molecule has 3 rings (SSSR count). The Bertz CT molecular complexity index is 908. The molecule has 1 atom stereocenters. The van der Waals surface area contributed by atoms with E-state index in [1.54, 1.807) is 12.3 Å². The minimum Gasteiger partial charge on any atom is -0.475 e. The second-order valence-electron chi connectivity index (χ2n) is 9.28. The maximum atomic E-state index is 12.8. The van der Waals surface area contributed by atoms with Crippen LogP contribution >= 0.6 is 0 Å². The minimum atomic E-state index is -5.08. The highest BCUT2D eigenvalue weighted by Gasteiger charge is 2.41. The smallest absolute Gasteiger partial charge is 0.475 e. The molecule has 2 aliphatic heterocycles. The summed E-state index contributed by atoms with van der Waals surface area (Å²) in [4.78, 5) is 41.5. The van der Waals surface area contributed by atoms with Crippen LogP contribution in [0.1, 0.15) is 23.3 Å². The number of pyridine rings is 1. The number of piperidine rings is 1. The van der Waals surface area contributed by atoms with E-state index in [0.29, 0.717) is 5.69 Å². The fourth-order valence-corrected chi connectivity index (χ4v) is 3.89. The molecule has 222 valence electrons. The number of amides is 1. The van der Waals surface area contributed by atoms with Gasteiger partial charge in [-0.2, -0.15) is 26.3 Å². The first-order valence-corrected chi connectivity index (χ1v) is 11.7. The summed E-state index contributed by atoms with van der Waals surface area (Å²) in [6.07, 6.45) is -6.33. The summed E-state index contributed by atoms with van der Waals surface area (Å²) in [6.45, 7) is 7.19. The zero-order valence-electron chi connectivity index (χ0n) is 21.5.